The molecule has 12 nitrogen and oxygen atoms in total. The van der Waals surface area contributed by atoms with E-state index >= 15 is 0 Å². The monoisotopic (exact) mass is 1010 g/mol. The smallest absolute Gasteiger partial charge is 0.493 e. The quantitative estimate of drug-likeness (QED) is 0.0916. The molecule has 1 aliphatic carbocycles. The van der Waals surface area contributed by atoms with E-state index in [1.54, 1.807) is 21.3 Å². The van der Waals surface area contributed by atoms with Crippen LogP contribution in [0.5, 0.6) is 34.5 Å². The topological polar surface area (TPSA) is 111 Å². The van der Waals surface area contributed by atoms with Crippen LogP contribution in [-0.4, -0.2) is 82.3 Å². The number of methoxy groups -OCH3 is 3. The third-order valence-corrected chi connectivity index (χ3v) is 14.2. The molecule has 0 bridgehead atoms. The maximum atomic E-state index is 6.67. The lowest BCUT2D eigenvalue weighted by atomic mass is 9.75. The summed E-state index contributed by atoms with van der Waals surface area (Å²) in [7, 11) is 3.80. The molecule has 390 valence electrons. The fraction of sp³-hybridized carbons (Fsp3) is 0.400. The normalized spacial score (nSPS) is 17.8. The Bertz CT molecular complexity index is 2650. The summed E-state index contributed by atoms with van der Waals surface area (Å²) in [5.74, 6) is 3.85. The predicted octanol–water partition coefficient (Wildman–Crippen LogP) is 8.84. The summed E-state index contributed by atoms with van der Waals surface area (Å²) < 4.78 is 75.0. The summed E-state index contributed by atoms with van der Waals surface area (Å²) in [6.07, 6.45) is 1.79. The first-order valence-electron chi connectivity index (χ1n) is 26.1. The summed E-state index contributed by atoms with van der Waals surface area (Å²) in [6.45, 7) is 17.6. The molecule has 6 aromatic carbocycles. The van der Waals surface area contributed by atoms with Crippen molar-refractivity contribution in [1.29, 1.82) is 0 Å². The highest BCUT2D eigenvalue weighted by molar-refractivity contribution is 6.62. The van der Waals surface area contributed by atoms with Crippen LogP contribution in [0.15, 0.2) is 109 Å². The molecule has 0 unspecified atom stereocenters. The Morgan fingerprint density at radius 3 is 0.827 bits per heavy atom. The Labute approximate surface area is 443 Å². The molecule has 6 aromatic rings. The highest BCUT2D eigenvalue weighted by Gasteiger charge is 2.36. The van der Waals surface area contributed by atoms with Crippen LogP contribution in [0, 0.1) is 16.2 Å². The first-order valence-corrected chi connectivity index (χ1v) is 26.1. The van der Waals surface area contributed by atoms with Gasteiger partial charge in [0.25, 0.3) is 0 Å². The van der Waals surface area contributed by atoms with Gasteiger partial charge < -0.3 is 56.3 Å². The van der Waals surface area contributed by atoms with E-state index in [4.69, 9.17) is 56.3 Å². The first-order chi connectivity index (χ1) is 36.1. The van der Waals surface area contributed by atoms with Crippen molar-refractivity contribution in [3.05, 3.63) is 159 Å². The van der Waals surface area contributed by atoms with Gasteiger partial charge in [0.05, 0.1) is 21.3 Å². The standard InChI is InChI=1S/C60H69B3O12/c1-58(2)34-70-61(71-35-58)49-16-10-13-40(19-49)31-67-55-28-46-22-44-26-53(65-8)57(69-33-42-15-12-18-51(21-42)63-74-38-60(5,6)39-75-63)30-48(44)24-45-27-54(66-9)56(29-47(45)23-43(46)25-52(55)64-7)68-32-41-14-11-17-50(20-41)62-72-36-59(3,4)37-73-62/h10-21,25-30H,22-24,31-39H2,1-9H3. The van der Waals surface area contributed by atoms with E-state index < -0.39 is 21.4 Å². The predicted molar refractivity (Wildman–Crippen MR) is 293 cm³/mol. The number of fused-ring (bicyclic) bond motifs is 3. The molecular formula is C60H69B3O12. The van der Waals surface area contributed by atoms with E-state index in [2.05, 4.69) is 114 Å². The molecule has 0 atom stereocenters. The van der Waals surface area contributed by atoms with E-state index in [-0.39, 0.29) is 16.2 Å². The molecular weight excluding hydrogens is 945 g/mol. The lowest BCUT2D eigenvalue weighted by Crippen LogP contribution is -2.47. The average Bonchev–Trinajstić information content (AvgIpc) is 3.46. The molecule has 3 fully saturated rings. The van der Waals surface area contributed by atoms with Gasteiger partial charge in [0.1, 0.15) is 19.8 Å². The van der Waals surface area contributed by atoms with Gasteiger partial charge in [-0.1, -0.05) is 114 Å². The van der Waals surface area contributed by atoms with Crippen LogP contribution in [0.1, 0.15) is 91.6 Å². The van der Waals surface area contributed by atoms with Crippen molar-refractivity contribution < 1.29 is 56.3 Å². The molecule has 0 saturated carbocycles. The van der Waals surface area contributed by atoms with Crippen LogP contribution < -0.4 is 44.8 Å². The molecule has 3 heterocycles. The summed E-state index contributed by atoms with van der Waals surface area (Å²) >= 11 is 0. The number of hydrogen-bond donors (Lipinski definition) is 0. The molecule has 75 heavy (non-hydrogen) atoms. The third-order valence-electron chi connectivity index (χ3n) is 14.2. The summed E-state index contributed by atoms with van der Waals surface area (Å²) in [5, 5.41) is 0. The average molecular weight is 1010 g/mol. The van der Waals surface area contributed by atoms with Crippen LogP contribution in [0.4, 0.5) is 0 Å². The van der Waals surface area contributed by atoms with Crippen molar-refractivity contribution in [2.75, 3.05) is 61.0 Å². The van der Waals surface area contributed by atoms with Gasteiger partial charge in [-0.25, -0.2) is 0 Å². The lowest BCUT2D eigenvalue weighted by molar-refractivity contribution is 0.0342. The zero-order valence-electron chi connectivity index (χ0n) is 45.0. The zero-order chi connectivity index (χ0) is 52.3. The minimum absolute atomic E-state index is 0.0256. The van der Waals surface area contributed by atoms with Gasteiger partial charge in [0, 0.05) is 55.9 Å². The second-order valence-electron chi connectivity index (χ2n) is 22.8. The van der Waals surface area contributed by atoms with Crippen LogP contribution in [0.25, 0.3) is 0 Å². The molecule has 0 spiro atoms. The fourth-order valence-electron chi connectivity index (χ4n) is 9.98. The largest absolute Gasteiger partial charge is 0.493 e. The van der Waals surface area contributed by atoms with Gasteiger partial charge in [0.2, 0.25) is 0 Å². The van der Waals surface area contributed by atoms with Crippen LogP contribution in [0.2, 0.25) is 0 Å². The van der Waals surface area contributed by atoms with Crippen molar-refractivity contribution in [2.24, 2.45) is 16.2 Å². The molecule has 0 aromatic heterocycles. The maximum absolute atomic E-state index is 6.67. The SMILES string of the molecule is COc1cc2c(cc1OCc1cccc(B3OCC(C)(C)CO3)c1)Cc1cc(OC)c(OCc3cccc(B4OCC(C)(C)CO4)c3)cc1Cc1cc(OC)c(OCc3cccc(B4OCC(C)(C)CO4)c3)cc1C2. The Morgan fingerprint density at radius 1 is 0.347 bits per heavy atom. The highest BCUT2D eigenvalue weighted by Crippen LogP contribution is 2.42. The molecule has 0 N–H and O–H groups in total. The van der Waals surface area contributed by atoms with Crippen LogP contribution in [-0.2, 0) is 67.0 Å². The Kier molecular flexibility index (Phi) is 15.6. The van der Waals surface area contributed by atoms with E-state index in [9.17, 15) is 0 Å². The number of rotatable bonds is 15. The van der Waals surface area contributed by atoms with Crippen molar-refractivity contribution in [3.63, 3.8) is 0 Å². The second kappa shape index (κ2) is 22.3. The minimum Gasteiger partial charge on any atom is -0.493 e. The molecule has 0 radical (unpaired) electrons. The van der Waals surface area contributed by atoms with E-state index in [1.165, 1.54) is 0 Å². The Hall–Kier alpha value is -5.93. The van der Waals surface area contributed by atoms with Crippen LogP contribution in [0.3, 0.4) is 0 Å². The number of ether oxygens (including phenoxy) is 6. The molecule has 4 aliphatic rings. The Balaban J connectivity index is 0.964. The zero-order valence-corrected chi connectivity index (χ0v) is 45.0. The van der Waals surface area contributed by atoms with Crippen molar-refractivity contribution >= 4 is 37.7 Å². The molecule has 10 rings (SSSR count). The highest BCUT2D eigenvalue weighted by atomic mass is 16.6. The Morgan fingerprint density at radius 2 is 0.587 bits per heavy atom. The molecule has 15 heteroatoms. The number of hydrogen-bond acceptors (Lipinski definition) is 12. The van der Waals surface area contributed by atoms with Crippen molar-refractivity contribution in [1.82, 2.24) is 0 Å². The summed E-state index contributed by atoms with van der Waals surface area (Å²) in [6, 6.07) is 37.3. The first kappa shape index (κ1) is 52.5. The fourth-order valence-corrected chi connectivity index (χ4v) is 9.98. The van der Waals surface area contributed by atoms with Gasteiger partial charge in [-0.3, -0.25) is 0 Å². The van der Waals surface area contributed by atoms with Crippen molar-refractivity contribution in [2.45, 2.75) is 80.6 Å². The minimum atomic E-state index is -0.420. The number of benzene rings is 6. The van der Waals surface area contributed by atoms with Gasteiger partial charge in [-0.05, 0) is 122 Å². The summed E-state index contributed by atoms with van der Waals surface area (Å²) in [5.41, 5.74) is 12.3. The molecule has 0 amide bonds. The lowest BCUT2D eigenvalue weighted by Gasteiger charge is -2.33. The van der Waals surface area contributed by atoms with Gasteiger partial charge in [-0.15, -0.1) is 0 Å². The maximum Gasteiger partial charge on any atom is 0.493 e. The second-order valence-corrected chi connectivity index (χ2v) is 22.8. The van der Waals surface area contributed by atoms with Crippen LogP contribution >= 0.6 is 0 Å². The molecule has 3 aliphatic heterocycles. The molecule has 3 saturated heterocycles. The van der Waals surface area contributed by atoms with E-state index in [1.807, 2.05) is 36.4 Å². The van der Waals surface area contributed by atoms with Gasteiger partial charge in [-0.2, -0.15) is 0 Å². The third kappa shape index (κ3) is 12.7. The summed E-state index contributed by atoms with van der Waals surface area (Å²) in [4.78, 5) is 0. The van der Waals surface area contributed by atoms with Crippen molar-refractivity contribution in [3.8, 4) is 34.5 Å². The van der Waals surface area contributed by atoms with E-state index in [0.29, 0.717) is 113 Å². The van der Waals surface area contributed by atoms with E-state index in [0.717, 1.165) is 66.5 Å². The van der Waals surface area contributed by atoms with Gasteiger partial charge >= 0.3 is 21.4 Å². The van der Waals surface area contributed by atoms with Gasteiger partial charge in [0.15, 0.2) is 34.5 Å².